The molecule has 0 heterocycles. The quantitative estimate of drug-likeness (QED) is 0.715. The maximum absolute atomic E-state index is 10.7. The standard InChI is InChI=1S/C11H13NO/c1-3-5-10-9(8-13)6-4-7-11(10)12-2/h3-8,12H,1-2H3/b5-3-. The fourth-order valence-electron chi connectivity index (χ4n) is 1.26. The fraction of sp³-hybridized carbons (Fsp3) is 0.182. The molecule has 0 aromatic heterocycles. The zero-order valence-electron chi connectivity index (χ0n) is 7.87. The molecule has 13 heavy (non-hydrogen) atoms. The Kier molecular flexibility index (Phi) is 3.26. The van der Waals surface area contributed by atoms with Gasteiger partial charge in [0.1, 0.15) is 0 Å². The summed E-state index contributed by atoms with van der Waals surface area (Å²) in [5.41, 5.74) is 2.63. The Labute approximate surface area is 78.3 Å². The van der Waals surface area contributed by atoms with Gasteiger partial charge in [-0.15, -0.1) is 0 Å². The summed E-state index contributed by atoms with van der Waals surface area (Å²) in [5.74, 6) is 0. The van der Waals surface area contributed by atoms with Gasteiger partial charge in [0, 0.05) is 23.9 Å². The van der Waals surface area contributed by atoms with Crippen molar-refractivity contribution in [3.05, 3.63) is 35.4 Å². The highest BCUT2D eigenvalue weighted by molar-refractivity contribution is 5.86. The van der Waals surface area contributed by atoms with Gasteiger partial charge in [-0.2, -0.15) is 0 Å². The first kappa shape index (κ1) is 9.52. The van der Waals surface area contributed by atoms with Crippen LogP contribution < -0.4 is 5.32 Å². The molecule has 2 heteroatoms. The molecule has 2 nitrogen and oxygen atoms in total. The molecule has 1 rings (SSSR count). The zero-order valence-corrected chi connectivity index (χ0v) is 7.87. The minimum absolute atomic E-state index is 0.713. The molecule has 0 aliphatic rings. The second-order valence-corrected chi connectivity index (χ2v) is 2.68. The fourth-order valence-corrected chi connectivity index (χ4v) is 1.26. The van der Waals surface area contributed by atoms with Gasteiger partial charge >= 0.3 is 0 Å². The van der Waals surface area contributed by atoms with Crippen molar-refractivity contribution in [3.63, 3.8) is 0 Å². The SMILES string of the molecule is C/C=C\c1c(C=O)cccc1NC. The van der Waals surface area contributed by atoms with Crippen molar-refractivity contribution in [3.8, 4) is 0 Å². The van der Waals surface area contributed by atoms with Gasteiger partial charge in [-0.05, 0) is 13.0 Å². The van der Waals surface area contributed by atoms with Crippen LogP contribution >= 0.6 is 0 Å². The molecule has 0 spiro atoms. The van der Waals surface area contributed by atoms with Crippen LogP contribution in [0.5, 0.6) is 0 Å². The summed E-state index contributed by atoms with van der Waals surface area (Å²) in [6.07, 6.45) is 4.72. The molecule has 0 radical (unpaired) electrons. The van der Waals surface area contributed by atoms with E-state index in [0.29, 0.717) is 5.56 Å². The average Bonchev–Trinajstić information content (AvgIpc) is 2.18. The minimum atomic E-state index is 0.713. The van der Waals surface area contributed by atoms with E-state index in [4.69, 9.17) is 0 Å². The van der Waals surface area contributed by atoms with Crippen molar-refractivity contribution in [1.82, 2.24) is 0 Å². The number of aldehydes is 1. The van der Waals surface area contributed by atoms with Crippen LogP contribution in [0.1, 0.15) is 22.8 Å². The molecular weight excluding hydrogens is 162 g/mol. The number of carbonyl (C=O) groups is 1. The maximum Gasteiger partial charge on any atom is 0.150 e. The summed E-state index contributed by atoms with van der Waals surface area (Å²) in [4.78, 5) is 10.7. The predicted octanol–water partition coefficient (Wildman–Crippen LogP) is 2.57. The molecule has 0 fully saturated rings. The summed E-state index contributed by atoms with van der Waals surface area (Å²) >= 11 is 0. The van der Waals surface area contributed by atoms with E-state index in [-0.39, 0.29) is 0 Å². The zero-order chi connectivity index (χ0) is 9.68. The molecule has 0 bridgehead atoms. The van der Waals surface area contributed by atoms with Crippen molar-refractivity contribution in [1.29, 1.82) is 0 Å². The third-order valence-electron chi connectivity index (χ3n) is 1.87. The van der Waals surface area contributed by atoms with E-state index < -0.39 is 0 Å². The highest BCUT2D eigenvalue weighted by Crippen LogP contribution is 2.19. The van der Waals surface area contributed by atoms with E-state index in [0.717, 1.165) is 17.5 Å². The van der Waals surface area contributed by atoms with E-state index in [2.05, 4.69) is 5.32 Å². The lowest BCUT2D eigenvalue weighted by molar-refractivity contribution is 0.112. The Bertz CT molecular complexity index is 329. The summed E-state index contributed by atoms with van der Waals surface area (Å²) in [6.45, 7) is 1.93. The van der Waals surface area contributed by atoms with Gasteiger partial charge in [0.15, 0.2) is 6.29 Å². The second kappa shape index (κ2) is 4.45. The molecule has 0 unspecified atom stereocenters. The molecular formula is C11H13NO. The molecule has 0 aliphatic heterocycles. The summed E-state index contributed by atoms with van der Waals surface area (Å²) in [5, 5.41) is 3.04. The van der Waals surface area contributed by atoms with Crippen molar-refractivity contribution >= 4 is 18.0 Å². The number of anilines is 1. The van der Waals surface area contributed by atoms with E-state index in [1.165, 1.54) is 0 Å². The number of allylic oxidation sites excluding steroid dienone is 1. The molecule has 0 amide bonds. The number of benzene rings is 1. The van der Waals surface area contributed by atoms with Gasteiger partial charge in [-0.3, -0.25) is 4.79 Å². The Morgan fingerprint density at radius 3 is 2.69 bits per heavy atom. The smallest absolute Gasteiger partial charge is 0.150 e. The topological polar surface area (TPSA) is 29.1 Å². The molecule has 1 aromatic carbocycles. The number of hydrogen-bond acceptors (Lipinski definition) is 2. The molecule has 68 valence electrons. The highest BCUT2D eigenvalue weighted by atomic mass is 16.1. The van der Waals surface area contributed by atoms with Crippen LogP contribution in [0.4, 0.5) is 5.69 Å². The highest BCUT2D eigenvalue weighted by Gasteiger charge is 2.01. The summed E-state index contributed by atoms with van der Waals surface area (Å²) in [7, 11) is 1.84. The Hall–Kier alpha value is -1.57. The molecule has 0 atom stereocenters. The molecule has 0 saturated heterocycles. The first-order chi connectivity index (χ1) is 6.33. The van der Waals surface area contributed by atoms with E-state index in [9.17, 15) is 4.79 Å². The number of hydrogen-bond donors (Lipinski definition) is 1. The average molecular weight is 175 g/mol. The van der Waals surface area contributed by atoms with Crippen LogP contribution in [-0.4, -0.2) is 13.3 Å². The van der Waals surface area contributed by atoms with Crippen LogP contribution in [0.3, 0.4) is 0 Å². The first-order valence-corrected chi connectivity index (χ1v) is 4.22. The molecule has 1 aromatic rings. The van der Waals surface area contributed by atoms with E-state index in [1.807, 2.05) is 44.3 Å². The third-order valence-corrected chi connectivity index (χ3v) is 1.87. The van der Waals surface area contributed by atoms with Gasteiger partial charge in [0.2, 0.25) is 0 Å². The van der Waals surface area contributed by atoms with E-state index >= 15 is 0 Å². The Morgan fingerprint density at radius 1 is 1.38 bits per heavy atom. The van der Waals surface area contributed by atoms with Crippen LogP contribution in [0.15, 0.2) is 24.3 Å². The van der Waals surface area contributed by atoms with Crippen LogP contribution in [0.2, 0.25) is 0 Å². The van der Waals surface area contributed by atoms with Crippen molar-refractivity contribution < 1.29 is 4.79 Å². The second-order valence-electron chi connectivity index (χ2n) is 2.68. The van der Waals surface area contributed by atoms with Gasteiger partial charge in [0.05, 0.1) is 0 Å². The number of rotatable bonds is 3. The van der Waals surface area contributed by atoms with Crippen LogP contribution in [0, 0.1) is 0 Å². The third kappa shape index (κ3) is 1.96. The summed E-state index contributed by atoms with van der Waals surface area (Å²) < 4.78 is 0. The van der Waals surface area contributed by atoms with Gasteiger partial charge in [0.25, 0.3) is 0 Å². The molecule has 1 N–H and O–H groups in total. The number of carbonyl (C=O) groups excluding carboxylic acids is 1. The van der Waals surface area contributed by atoms with Gasteiger partial charge in [-0.25, -0.2) is 0 Å². The van der Waals surface area contributed by atoms with Crippen LogP contribution in [-0.2, 0) is 0 Å². The van der Waals surface area contributed by atoms with Gasteiger partial charge < -0.3 is 5.32 Å². The van der Waals surface area contributed by atoms with Gasteiger partial charge in [-0.1, -0.05) is 24.3 Å². The maximum atomic E-state index is 10.7. The van der Waals surface area contributed by atoms with E-state index in [1.54, 1.807) is 0 Å². The van der Waals surface area contributed by atoms with Crippen molar-refractivity contribution in [2.75, 3.05) is 12.4 Å². The van der Waals surface area contributed by atoms with Crippen molar-refractivity contribution in [2.24, 2.45) is 0 Å². The largest absolute Gasteiger partial charge is 0.388 e. The Balaban J connectivity index is 3.28. The number of nitrogens with one attached hydrogen (secondary N) is 1. The first-order valence-electron chi connectivity index (χ1n) is 4.22. The molecule has 0 saturated carbocycles. The normalized spacial score (nSPS) is 10.3. The van der Waals surface area contributed by atoms with Crippen LogP contribution in [0.25, 0.3) is 6.08 Å². The lowest BCUT2D eigenvalue weighted by Gasteiger charge is -2.06. The molecule has 0 aliphatic carbocycles. The Morgan fingerprint density at radius 2 is 2.15 bits per heavy atom. The summed E-state index contributed by atoms with van der Waals surface area (Å²) in [6, 6.07) is 5.62. The minimum Gasteiger partial charge on any atom is -0.388 e. The predicted molar refractivity (Wildman–Crippen MR) is 56.1 cm³/mol. The lowest BCUT2D eigenvalue weighted by Crippen LogP contribution is -1.95. The lowest BCUT2D eigenvalue weighted by atomic mass is 10.1. The monoisotopic (exact) mass is 175 g/mol. The van der Waals surface area contributed by atoms with Crippen molar-refractivity contribution in [2.45, 2.75) is 6.92 Å².